The summed E-state index contributed by atoms with van der Waals surface area (Å²) < 4.78 is 11.5. The van der Waals surface area contributed by atoms with Crippen LogP contribution in [0.1, 0.15) is 22.8 Å². The third-order valence-corrected chi connectivity index (χ3v) is 4.27. The number of hydrogen-bond donors (Lipinski definition) is 1. The second-order valence-corrected chi connectivity index (χ2v) is 5.49. The lowest BCUT2D eigenvalue weighted by Gasteiger charge is -2.34. The molecule has 0 aliphatic carbocycles. The molecule has 2 aliphatic rings. The van der Waals surface area contributed by atoms with Crippen LogP contribution in [0.25, 0.3) is 0 Å². The number of benzene rings is 1. The van der Waals surface area contributed by atoms with Crippen LogP contribution in [0.2, 0.25) is 0 Å². The summed E-state index contributed by atoms with van der Waals surface area (Å²) in [6.45, 7) is 5.79. The molecular weight excluding hydrogens is 266 g/mol. The minimum atomic E-state index is 0.0773. The van der Waals surface area contributed by atoms with Crippen LogP contribution in [0.5, 0.6) is 5.75 Å². The van der Waals surface area contributed by atoms with Crippen molar-refractivity contribution in [3.05, 3.63) is 28.8 Å². The second-order valence-electron chi connectivity index (χ2n) is 5.49. The van der Waals surface area contributed by atoms with Crippen molar-refractivity contribution in [3.8, 4) is 11.8 Å². The molecule has 0 unspecified atom stereocenters. The molecule has 1 aromatic carbocycles. The lowest BCUT2D eigenvalue weighted by Crippen LogP contribution is -2.45. The zero-order valence-corrected chi connectivity index (χ0v) is 12.4. The molecule has 0 bridgehead atoms. The Morgan fingerprint density at radius 3 is 2.95 bits per heavy atom. The van der Waals surface area contributed by atoms with Gasteiger partial charge in [0.05, 0.1) is 25.4 Å². The van der Waals surface area contributed by atoms with Crippen molar-refractivity contribution in [2.75, 3.05) is 46.4 Å². The summed E-state index contributed by atoms with van der Waals surface area (Å²) in [6, 6.07) is 6.08. The van der Waals surface area contributed by atoms with E-state index < -0.39 is 0 Å². The molecule has 1 N–H and O–H groups in total. The molecule has 5 nitrogen and oxygen atoms in total. The van der Waals surface area contributed by atoms with Gasteiger partial charge in [0.1, 0.15) is 11.8 Å². The summed E-state index contributed by atoms with van der Waals surface area (Å²) in [6.07, 6.45) is 0.889. The van der Waals surface area contributed by atoms with Gasteiger partial charge in [0.25, 0.3) is 0 Å². The van der Waals surface area contributed by atoms with E-state index in [1.165, 1.54) is 5.56 Å². The van der Waals surface area contributed by atoms with E-state index in [0.717, 1.165) is 50.5 Å². The molecule has 2 aliphatic heterocycles. The Morgan fingerprint density at radius 1 is 1.43 bits per heavy atom. The number of piperazine rings is 1. The molecule has 2 heterocycles. The van der Waals surface area contributed by atoms with Crippen molar-refractivity contribution in [1.29, 1.82) is 5.26 Å². The molecule has 0 aromatic heterocycles. The SMILES string of the molecule is COc1c(C#N)ccc2c1CCO[C@@H]2CN1CCNCC1. The Balaban J connectivity index is 1.86. The van der Waals surface area contributed by atoms with Gasteiger partial charge in [-0.3, -0.25) is 4.90 Å². The molecule has 1 fully saturated rings. The van der Waals surface area contributed by atoms with Gasteiger partial charge in [0.2, 0.25) is 0 Å². The van der Waals surface area contributed by atoms with Crippen molar-refractivity contribution in [3.63, 3.8) is 0 Å². The fraction of sp³-hybridized carbons (Fsp3) is 0.562. The molecule has 1 atom stereocenters. The van der Waals surface area contributed by atoms with E-state index in [2.05, 4.69) is 16.3 Å². The average Bonchev–Trinajstić information content (AvgIpc) is 2.55. The van der Waals surface area contributed by atoms with Gasteiger partial charge in [0.15, 0.2) is 0 Å². The third-order valence-electron chi connectivity index (χ3n) is 4.27. The largest absolute Gasteiger partial charge is 0.495 e. The number of nitrogens with one attached hydrogen (secondary N) is 1. The zero-order valence-electron chi connectivity index (χ0n) is 12.4. The molecule has 5 heteroatoms. The zero-order chi connectivity index (χ0) is 14.7. The maximum atomic E-state index is 9.20. The lowest BCUT2D eigenvalue weighted by molar-refractivity contribution is 0.0130. The number of fused-ring (bicyclic) bond motifs is 1. The third kappa shape index (κ3) is 2.88. The van der Waals surface area contributed by atoms with Crippen LogP contribution in [-0.4, -0.2) is 51.3 Å². The highest BCUT2D eigenvalue weighted by molar-refractivity contribution is 5.53. The molecule has 0 spiro atoms. The van der Waals surface area contributed by atoms with Crippen LogP contribution in [-0.2, 0) is 11.2 Å². The van der Waals surface area contributed by atoms with E-state index in [1.807, 2.05) is 12.1 Å². The Bertz CT molecular complexity index is 547. The number of rotatable bonds is 3. The van der Waals surface area contributed by atoms with E-state index >= 15 is 0 Å². The number of nitrogens with zero attached hydrogens (tertiary/aromatic N) is 2. The van der Waals surface area contributed by atoms with Gasteiger partial charge in [-0.1, -0.05) is 6.07 Å². The van der Waals surface area contributed by atoms with Crippen LogP contribution < -0.4 is 10.1 Å². The van der Waals surface area contributed by atoms with Crippen LogP contribution in [0.15, 0.2) is 12.1 Å². The minimum absolute atomic E-state index is 0.0773. The van der Waals surface area contributed by atoms with Gasteiger partial charge in [-0.15, -0.1) is 0 Å². The predicted octanol–water partition coefficient (Wildman–Crippen LogP) is 1.09. The smallest absolute Gasteiger partial charge is 0.140 e. The van der Waals surface area contributed by atoms with E-state index in [0.29, 0.717) is 12.2 Å². The van der Waals surface area contributed by atoms with Gasteiger partial charge >= 0.3 is 0 Å². The van der Waals surface area contributed by atoms with E-state index in [9.17, 15) is 5.26 Å². The molecular formula is C16H21N3O2. The van der Waals surface area contributed by atoms with Gasteiger partial charge in [0, 0.05) is 38.3 Å². The maximum absolute atomic E-state index is 9.20. The van der Waals surface area contributed by atoms with Crippen LogP contribution in [0, 0.1) is 11.3 Å². The normalized spacial score (nSPS) is 22.4. The maximum Gasteiger partial charge on any atom is 0.140 e. The monoisotopic (exact) mass is 287 g/mol. The summed E-state index contributed by atoms with van der Waals surface area (Å²) in [5.41, 5.74) is 2.93. The topological polar surface area (TPSA) is 57.5 Å². The highest BCUT2D eigenvalue weighted by Crippen LogP contribution is 2.35. The van der Waals surface area contributed by atoms with Crippen LogP contribution in [0.4, 0.5) is 0 Å². The Hall–Kier alpha value is -1.61. The van der Waals surface area contributed by atoms with E-state index in [1.54, 1.807) is 7.11 Å². The fourth-order valence-corrected chi connectivity index (χ4v) is 3.20. The first kappa shape index (κ1) is 14.3. The van der Waals surface area contributed by atoms with E-state index in [-0.39, 0.29) is 6.10 Å². The minimum Gasteiger partial charge on any atom is -0.495 e. The fourth-order valence-electron chi connectivity index (χ4n) is 3.20. The standard InChI is InChI=1S/C16H21N3O2/c1-20-16-12(10-17)2-3-13-14(16)4-9-21-15(13)11-19-7-5-18-6-8-19/h2-3,15,18H,4-9,11H2,1H3/t15-/m1/s1. The Morgan fingerprint density at radius 2 is 2.24 bits per heavy atom. The van der Waals surface area contributed by atoms with Crippen molar-refractivity contribution in [2.24, 2.45) is 0 Å². The molecule has 0 radical (unpaired) electrons. The number of hydrogen-bond acceptors (Lipinski definition) is 5. The van der Waals surface area contributed by atoms with Crippen molar-refractivity contribution < 1.29 is 9.47 Å². The highest BCUT2D eigenvalue weighted by Gasteiger charge is 2.27. The van der Waals surface area contributed by atoms with E-state index in [4.69, 9.17) is 9.47 Å². The Labute approximate surface area is 125 Å². The molecule has 1 aromatic rings. The molecule has 112 valence electrons. The highest BCUT2D eigenvalue weighted by atomic mass is 16.5. The average molecular weight is 287 g/mol. The lowest BCUT2D eigenvalue weighted by atomic mass is 9.93. The van der Waals surface area contributed by atoms with Gasteiger partial charge in [-0.2, -0.15) is 5.26 Å². The van der Waals surface area contributed by atoms with Crippen molar-refractivity contribution in [2.45, 2.75) is 12.5 Å². The predicted molar refractivity (Wildman–Crippen MR) is 79.4 cm³/mol. The first-order valence-corrected chi connectivity index (χ1v) is 7.48. The van der Waals surface area contributed by atoms with Crippen LogP contribution in [0.3, 0.4) is 0 Å². The summed E-state index contributed by atoms with van der Waals surface area (Å²) >= 11 is 0. The summed E-state index contributed by atoms with van der Waals surface area (Å²) in [5.74, 6) is 0.726. The molecule has 0 amide bonds. The summed E-state index contributed by atoms with van der Waals surface area (Å²) in [7, 11) is 1.64. The van der Waals surface area contributed by atoms with Gasteiger partial charge in [-0.25, -0.2) is 0 Å². The quantitative estimate of drug-likeness (QED) is 0.902. The summed E-state index contributed by atoms with van der Waals surface area (Å²) in [4.78, 5) is 2.43. The van der Waals surface area contributed by atoms with Crippen molar-refractivity contribution in [1.82, 2.24) is 10.2 Å². The Kier molecular flexibility index (Phi) is 4.39. The first-order valence-electron chi connectivity index (χ1n) is 7.48. The van der Waals surface area contributed by atoms with Crippen LogP contribution >= 0.6 is 0 Å². The first-order chi connectivity index (χ1) is 10.3. The number of nitriles is 1. The molecule has 3 rings (SSSR count). The van der Waals surface area contributed by atoms with Crippen molar-refractivity contribution >= 4 is 0 Å². The summed E-state index contributed by atoms with van der Waals surface area (Å²) in [5, 5.41) is 12.6. The number of ether oxygens (including phenoxy) is 2. The molecule has 21 heavy (non-hydrogen) atoms. The molecule has 1 saturated heterocycles. The van der Waals surface area contributed by atoms with Gasteiger partial charge in [-0.05, 0) is 18.1 Å². The second kappa shape index (κ2) is 6.44. The van der Waals surface area contributed by atoms with Gasteiger partial charge < -0.3 is 14.8 Å². The number of methoxy groups -OCH3 is 1. The molecule has 0 saturated carbocycles.